The molecule has 21 heavy (non-hydrogen) atoms. The second-order valence-electron chi connectivity index (χ2n) is 5.20. The lowest BCUT2D eigenvalue weighted by molar-refractivity contribution is 0.364. The fourth-order valence-electron chi connectivity index (χ4n) is 2.65. The van der Waals surface area contributed by atoms with E-state index in [1.165, 1.54) is 0 Å². The number of rotatable bonds is 2. The van der Waals surface area contributed by atoms with Crippen LogP contribution in [0.5, 0.6) is 0 Å². The number of H-pyrrole nitrogens is 1. The summed E-state index contributed by atoms with van der Waals surface area (Å²) in [5.41, 5.74) is 3.34. The van der Waals surface area contributed by atoms with Gasteiger partial charge in [-0.2, -0.15) is 0 Å². The maximum atomic E-state index is 13.3. The molecule has 0 amide bonds. The van der Waals surface area contributed by atoms with Crippen molar-refractivity contribution < 1.29 is 4.39 Å². The van der Waals surface area contributed by atoms with E-state index in [1.54, 1.807) is 12.4 Å². The number of pyridine rings is 1. The van der Waals surface area contributed by atoms with Crippen LogP contribution in [0.1, 0.15) is 6.42 Å². The van der Waals surface area contributed by atoms with Crippen molar-refractivity contribution in [1.29, 1.82) is 0 Å². The molecule has 4 rings (SSSR count). The standard InChI is InChI=1S/C15H14FN5/c16-11-3-6-21(9-11)14-7-10(1-4-17-14)13-8-19-15-12(20-13)2-5-18-15/h1-2,4-5,7-8,11H,3,6,9H2,(H,18,19)/t11-/m1/s1. The summed E-state index contributed by atoms with van der Waals surface area (Å²) >= 11 is 0. The molecule has 0 saturated carbocycles. The van der Waals surface area contributed by atoms with Gasteiger partial charge in [-0.25, -0.2) is 19.3 Å². The van der Waals surface area contributed by atoms with Gasteiger partial charge in [0.15, 0.2) is 5.65 Å². The molecule has 1 saturated heterocycles. The van der Waals surface area contributed by atoms with Crippen LogP contribution in [0, 0.1) is 0 Å². The van der Waals surface area contributed by atoms with E-state index in [4.69, 9.17) is 0 Å². The third-order valence-corrected chi connectivity index (χ3v) is 3.76. The first kappa shape index (κ1) is 12.3. The molecule has 1 N–H and O–H groups in total. The molecule has 5 nitrogen and oxygen atoms in total. The molecule has 3 aromatic heterocycles. The first-order chi connectivity index (χ1) is 10.3. The molecule has 0 bridgehead atoms. The highest BCUT2D eigenvalue weighted by atomic mass is 19.1. The minimum absolute atomic E-state index is 0.416. The lowest BCUT2D eigenvalue weighted by atomic mass is 10.2. The Bertz CT molecular complexity index is 784. The van der Waals surface area contributed by atoms with E-state index in [0.717, 1.165) is 28.2 Å². The fraction of sp³-hybridized carbons (Fsp3) is 0.267. The zero-order valence-electron chi connectivity index (χ0n) is 11.3. The molecule has 1 fully saturated rings. The Labute approximate surface area is 120 Å². The van der Waals surface area contributed by atoms with Crippen LogP contribution in [0.25, 0.3) is 22.4 Å². The number of nitrogens with zero attached hydrogens (tertiary/aromatic N) is 4. The van der Waals surface area contributed by atoms with E-state index in [1.807, 2.05) is 29.3 Å². The first-order valence-electron chi connectivity index (χ1n) is 6.95. The highest BCUT2D eigenvalue weighted by molar-refractivity contribution is 5.74. The smallest absolute Gasteiger partial charge is 0.156 e. The quantitative estimate of drug-likeness (QED) is 0.785. The van der Waals surface area contributed by atoms with Crippen LogP contribution in [0.2, 0.25) is 0 Å². The molecule has 0 aliphatic carbocycles. The third-order valence-electron chi connectivity index (χ3n) is 3.76. The summed E-state index contributed by atoms with van der Waals surface area (Å²) in [4.78, 5) is 18.2. The predicted octanol–water partition coefficient (Wildman–Crippen LogP) is 2.57. The number of hydrogen-bond donors (Lipinski definition) is 1. The van der Waals surface area contributed by atoms with Crippen molar-refractivity contribution in [3.63, 3.8) is 0 Å². The molecular formula is C15H14FN5. The predicted molar refractivity (Wildman–Crippen MR) is 78.8 cm³/mol. The molecular weight excluding hydrogens is 269 g/mol. The van der Waals surface area contributed by atoms with Crippen LogP contribution in [-0.4, -0.2) is 39.2 Å². The number of fused-ring (bicyclic) bond motifs is 1. The molecule has 1 aliphatic rings. The molecule has 1 aliphatic heterocycles. The molecule has 3 aromatic rings. The maximum absolute atomic E-state index is 13.3. The summed E-state index contributed by atoms with van der Waals surface area (Å²) in [5, 5.41) is 0. The van der Waals surface area contributed by atoms with Crippen molar-refractivity contribution in [2.45, 2.75) is 12.6 Å². The van der Waals surface area contributed by atoms with Gasteiger partial charge in [0, 0.05) is 24.5 Å². The average Bonchev–Trinajstić information content (AvgIpc) is 3.15. The number of aromatic nitrogens is 4. The minimum atomic E-state index is -0.758. The molecule has 6 heteroatoms. The molecule has 4 heterocycles. The summed E-state index contributed by atoms with van der Waals surface area (Å²) in [6, 6.07) is 5.73. The highest BCUT2D eigenvalue weighted by Gasteiger charge is 2.23. The second kappa shape index (κ2) is 4.80. The fourth-order valence-corrected chi connectivity index (χ4v) is 2.65. The highest BCUT2D eigenvalue weighted by Crippen LogP contribution is 2.25. The van der Waals surface area contributed by atoms with Gasteiger partial charge >= 0.3 is 0 Å². The Morgan fingerprint density at radius 3 is 3.10 bits per heavy atom. The van der Waals surface area contributed by atoms with Gasteiger partial charge in [-0.3, -0.25) is 0 Å². The Hall–Kier alpha value is -2.50. The second-order valence-corrected chi connectivity index (χ2v) is 5.20. The van der Waals surface area contributed by atoms with Crippen molar-refractivity contribution in [3.05, 3.63) is 36.8 Å². The average molecular weight is 283 g/mol. The summed E-state index contributed by atoms with van der Waals surface area (Å²) in [6.45, 7) is 1.12. The van der Waals surface area contributed by atoms with E-state index in [-0.39, 0.29) is 0 Å². The van der Waals surface area contributed by atoms with Gasteiger partial charge in [-0.1, -0.05) is 0 Å². The van der Waals surface area contributed by atoms with Crippen molar-refractivity contribution in [3.8, 4) is 11.3 Å². The van der Waals surface area contributed by atoms with Gasteiger partial charge < -0.3 is 9.88 Å². The van der Waals surface area contributed by atoms with Crippen molar-refractivity contribution in [1.82, 2.24) is 19.9 Å². The van der Waals surface area contributed by atoms with Crippen molar-refractivity contribution in [2.24, 2.45) is 0 Å². The number of hydrogen-bond acceptors (Lipinski definition) is 4. The van der Waals surface area contributed by atoms with Gasteiger partial charge in [0.2, 0.25) is 0 Å². The van der Waals surface area contributed by atoms with Crippen molar-refractivity contribution in [2.75, 3.05) is 18.0 Å². The van der Waals surface area contributed by atoms with Crippen LogP contribution >= 0.6 is 0 Å². The Morgan fingerprint density at radius 2 is 2.24 bits per heavy atom. The third kappa shape index (κ3) is 2.22. The topological polar surface area (TPSA) is 57.7 Å². The normalized spacial score (nSPS) is 18.5. The molecule has 0 aromatic carbocycles. The van der Waals surface area contributed by atoms with Crippen LogP contribution in [0.15, 0.2) is 36.8 Å². The minimum Gasteiger partial charge on any atom is -0.354 e. The molecule has 1 atom stereocenters. The van der Waals surface area contributed by atoms with E-state index >= 15 is 0 Å². The largest absolute Gasteiger partial charge is 0.354 e. The van der Waals surface area contributed by atoms with Gasteiger partial charge in [-0.15, -0.1) is 0 Å². The zero-order valence-corrected chi connectivity index (χ0v) is 11.3. The summed E-state index contributed by atoms with van der Waals surface area (Å²) in [6.07, 6.45) is 5.10. The number of halogens is 1. The van der Waals surface area contributed by atoms with Crippen LogP contribution < -0.4 is 4.90 Å². The summed E-state index contributed by atoms with van der Waals surface area (Å²) in [5.74, 6) is 0.795. The van der Waals surface area contributed by atoms with Crippen LogP contribution in [0.4, 0.5) is 10.2 Å². The van der Waals surface area contributed by atoms with Gasteiger partial charge in [0.1, 0.15) is 17.5 Å². The molecule has 0 spiro atoms. The van der Waals surface area contributed by atoms with E-state index in [2.05, 4.69) is 19.9 Å². The van der Waals surface area contributed by atoms with E-state index in [0.29, 0.717) is 19.5 Å². The Morgan fingerprint density at radius 1 is 1.29 bits per heavy atom. The Kier molecular flexibility index (Phi) is 2.80. The Balaban J connectivity index is 1.71. The van der Waals surface area contributed by atoms with E-state index < -0.39 is 6.17 Å². The first-order valence-corrected chi connectivity index (χ1v) is 6.95. The number of aromatic amines is 1. The van der Waals surface area contributed by atoms with Gasteiger partial charge in [0.25, 0.3) is 0 Å². The van der Waals surface area contributed by atoms with Crippen LogP contribution in [-0.2, 0) is 0 Å². The van der Waals surface area contributed by atoms with Gasteiger partial charge in [0.05, 0.1) is 18.4 Å². The summed E-state index contributed by atoms with van der Waals surface area (Å²) in [7, 11) is 0. The summed E-state index contributed by atoms with van der Waals surface area (Å²) < 4.78 is 13.3. The lowest BCUT2D eigenvalue weighted by Gasteiger charge is -2.16. The van der Waals surface area contributed by atoms with Crippen LogP contribution in [0.3, 0.4) is 0 Å². The number of anilines is 1. The molecule has 106 valence electrons. The maximum Gasteiger partial charge on any atom is 0.156 e. The molecule has 0 unspecified atom stereocenters. The van der Waals surface area contributed by atoms with Gasteiger partial charge in [-0.05, 0) is 24.6 Å². The number of nitrogens with one attached hydrogen (secondary N) is 1. The number of alkyl halides is 1. The lowest BCUT2D eigenvalue weighted by Crippen LogP contribution is -2.20. The van der Waals surface area contributed by atoms with Crippen molar-refractivity contribution >= 4 is 17.0 Å². The van der Waals surface area contributed by atoms with E-state index in [9.17, 15) is 4.39 Å². The zero-order chi connectivity index (χ0) is 14.2. The monoisotopic (exact) mass is 283 g/mol. The molecule has 0 radical (unpaired) electrons. The SMILES string of the molecule is F[C@@H]1CCN(c2cc(-c3cnc4[nH]ccc4n3)ccn2)C1.